The van der Waals surface area contributed by atoms with Gasteiger partial charge in [0.05, 0.1) is 13.5 Å². The normalized spacial score (nSPS) is 19.6. The lowest BCUT2D eigenvalue weighted by molar-refractivity contribution is -0.141. The zero-order valence-electron chi connectivity index (χ0n) is 12.1. The molecular weight excluding hydrogens is 254 g/mol. The Morgan fingerprint density at radius 2 is 2.10 bits per heavy atom. The first-order valence-electron chi connectivity index (χ1n) is 7.28. The number of hydrogen-bond acceptors (Lipinski definition) is 4. The van der Waals surface area contributed by atoms with Crippen LogP contribution < -0.4 is 4.74 Å². The molecule has 4 heteroatoms. The van der Waals surface area contributed by atoms with Gasteiger partial charge in [-0.15, -0.1) is 0 Å². The number of methoxy groups -OCH3 is 1. The molecule has 0 saturated carbocycles. The van der Waals surface area contributed by atoms with Crippen LogP contribution in [0.5, 0.6) is 5.75 Å². The molecule has 0 amide bonds. The van der Waals surface area contributed by atoms with Crippen LogP contribution in [0.2, 0.25) is 0 Å². The van der Waals surface area contributed by atoms with Gasteiger partial charge in [0, 0.05) is 12.6 Å². The van der Waals surface area contributed by atoms with Crippen LogP contribution in [-0.4, -0.2) is 43.7 Å². The van der Waals surface area contributed by atoms with E-state index in [1.807, 2.05) is 30.3 Å². The predicted molar refractivity (Wildman–Crippen MR) is 77.8 cm³/mol. The van der Waals surface area contributed by atoms with Crippen molar-refractivity contribution in [2.75, 3.05) is 26.8 Å². The van der Waals surface area contributed by atoms with Gasteiger partial charge in [0.2, 0.25) is 0 Å². The molecule has 0 N–H and O–H groups in total. The molecule has 1 aliphatic heterocycles. The van der Waals surface area contributed by atoms with E-state index >= 15 is 0 Å². The Labute approximate surface area is 120 Å². The third-order valence-electron chi connectivity index (χ3n) is 3.77. The topological polar surface area (TPSA) is 38.8 Å². The highest BCUT2D eigenvalue weighted by Crippen LogP contribution is 2.19. The molecule has 1 atom stereocenters. The number of hydrogen-bond donors (Lipinski definition) is 0. The molecule has 20 heavy (non-hydrogen) atoms. The molecule has 0 aromatic heterocycles. The van der Waals surface area contributed by atoms with Crippen molar-refractivity contribution in [2.45, 2.75) is 31.7 Å². The number of esters is 1. The number of rotatable bonds is 6. The first kappa shape index (κ1) is 14.9. The molecule has 2 rings (SSSR count). The van der Waals surface area contributed by atoms with Crippen LogP contribution in [-0.2, 0) is 9.53 Å². The predicted octanol–water partition coefficient (Wildman–Crippen LogP) is 2.48. The standard InChI is InChI=1S/C16H23NO3/c1-19-16(18)10-12-17-11-6-5-7-14(17)13-20-15-8-3-2-4-9-15/h2-4,8-9,14H,5-7,10-13H2,1H3. The van der Waals surface area contributed by atoms with Gasteiger partial charge in [-0.2, -0.15) is 0 Å². The van der Waals surface area contributed by atoms with Crippen LogP contribution in [0.15, 0.2) is 30.3 Å². The highest BCUT2D eigenvalue weighted by atomic mass is 16.5. The van der Waals surface area contributed by atoms with Crippen LogP contribution in [0.1, 0.15) is 25.7 Å². The molecule has 1 saturated heterocycles. The van der Waals surface area contributed by atoms with Crippen LogP contribution in [0.25, 0.3) is 0 Å². The summed E-state index contributed by atoms with van der Waals surface area (Å²) >= 11 is 0. The molecule has 1 aliphatic rings. The Morgan fingerprint density at radius 3 is 2.85 bits per heavy atom. The summed E-state index contributed by atoms with van der Waals surface area (Å²) in [4.78, 5) is 13.6. The second-order valence-corrected chi connectivity index (χ2v) is 5.14. The van der Waals surface area contributed by atoms with Crippen molar-refractivity contribution >= 4 is 5.97 Å². The minimum absolute atomic E-state index is 0.140. The Bertz CT molecular complexity index is 407. The zero-order chi connectivity index (χ0) is 14.2. The van der Waals surface area contributed by atoms with Crippen LogP contribution >= 0.6 is 0 Å². The van der Waals surface area contributed by atoms with E-state index in [0.29, 0.717) is 19.1 Å². The van der Waals surface area contributed by atoms with Crippen LogP contribution in [0.4, 0.5) is 0 Å². The molecule has 1 heterocycles. The van der Waals surface area contributed by atoms with E-state index in [1.54, 1.807) is 0 Å². The van der Waals surface area contributed by atoms with Crippen molar-refractivity contribution in [3.8, 4) is 5.75 Å². The molecule has 0 radical (unpaired) electrons. The summed E-state index contributed by atoms with van der Waals surface area (Å²) in [6.07, 6.45) is 4.02. The fraction of sp³-hybridized carbons (Fsp3) is 0.562. The highest BCUT2D eigenvalue weighted by molar-refractivity contribution is 5.69. The SMILES string of the molecule is COC(=O)CCN1CCCCC1COc1ccccc1. The minimum Gasteiger partial charge on any atom is -0.492 e. The van der Waals surface area contributed by atoms with E-state index in [-0.39, 0.29) is 5.97 Å². The third-order valence-corrected chi connectivity index (χ3v) is 3.77. The van der Waals surface area contributed by atoms with Crippen molar-refractivity contribution in [1.29, 1.82) is 0 Å². The number of likely N-dealkylation sites (tertiary alicyclic amines) is 1. The Balaban J connectivity index is 1.82. The van der Waals surface area contributed by atoms with E-state index in [1.165, 1.54) is 20.0 Å². The molecular formula is C16H23NO3. The summed E-state index contributed by atoms with van der Waals surface area (Å²) < 4.78 is 10.6. The summed E-state index contributed by atoms with van der Waals surface area (Å²) in [5, 5.41) is 0. The lowest BCUT2D eigenvalue weighted by Crippen LogP contribution is -2.44. The Kier molecular flexibility index (Phi) is 5.87. The molecule has 110 valence electrons. The van der Waals surface area contributed by atoms with Crippen molar-refractivity contribution in [2.24, 2.45) is 0 Å². The minimum atomic E-state index is -0.140. The van der Waals surface area contributed by atoms with Gasteiger partial charge in [0.1, 0.15) is 12.4 Å². The second-order valence-electron chi connectivity index (χ2n) is 5.14. The van der Waals surface area contributed by atoms with E-state index in [2.05, 4.69) is 4.90 Å². The summed E-state index contributed by atoms with van der Waals surface area (Å²) in [5.74, 6) is 0.768. The fourth-order valence-electron chi connectivity index (χ4n) is 2.59. The molecule has 1 fully saturated rings. The molecule has 1 aromatic rings. The number of carbonyl (C=O) groups excluding carboxylic acids is 1. The van der Waals surface area contributed by atoms with Gasteiger partial charge < -0.3 is 9.47 Å². The monoisotopic (exact) mass is 277 g/mol. The van der Waals surface area contributed by atoms with Crippen molar-refractivity contribution in [3.63, 3.8) is 0 Å². The van der Waals surface area contributed by atoms with Gasteiger partial charge in [-0.05, 0) is 31.5 Å². The first-order valence-corrected chi connectivity index (χ1v) is 7.28. The van der Waals surface area contributed by atoms with Gasteiger partial charge in [0.25, 0.3) is 0 Å². The second kappa shape index (κ2) is 7.90. The Morgan fingerprint density at radius 1 is 1.30 bits per heavy atom. The Hall–Kier alpha value is -1.55. The lowest BCUT2D eigenvalue weighted by atomic mass is 10.0. The molecule has 4 nitrogen and oxygen atoms in total. The number of ether oxygens (including phenoxy) is 2. The van der Waals surface area contributed by atoms with Gasteiger partial charge in [-0.3, -0.25) is 9.69 Å². The van der Waals surface area contributed by atoms with Crippen LogP contribution in [0, 0.1) is 0 Å². The van der Waals surface area contributed by atoms with Gasteiger partial charge >= 0.3 is 5.97 Å². The van der Waals surface area contributed by atoms with Crippen molar-refractivity contribution < 1.29 is 14.3 Å². The van der Waals surface area contributed by atoms with E-state index in [4.69, 9.17) is 9.47 Å². The van der Waals surface area contributed by atoms with Gasteiger partial charge in [-0.1, -0.05) is 24.6 Å². The number of para-hydroxylation sites is 1. The quantitative estimate of drug-likeness (QED) is 0.749. The summed E-state index contributed by atoms with van der Waals surface area (Å²) in [6, 6.07) is 10.3. The zero-order valence-corrected chi connectivity index (χ0v) is 12.1. The molecule has 0 aliphatic carbocycles. The molecule has 0 bridgehead atoms. The highest BCUT2D eigenvalue weighted by Gasteiger charge is 2.23. The maximum absolute atomic E-state index is 11.3. The first-order chi connectivity index (χ1) is 9.79. The number of carbonyl (C=O) groups is 1. The average molecular weight is 277 g/mol. The van der Waals surface area contributed by atoms with Crippen molar-refractivity contribution in [3.05, 3.63) is 30.3 Å². The van der Waals surface area contributed by atoms with E-state index in [0.717, 1.165) is 25.3 Å². The van der Waals surface area contributed by atoms with Crippen molar-refractivity contribution in [1.82, 2.24) is 4.90 Å². The molecule has 1 aromatic carbocycles. The molecule has 1 unspecified atom stereocenters. The van der Waals surface area contributed by atoms with E-state index < -0.39 is 0 Å². The van der Waals surface area contributed by atoms with E-state index in [9.17, 15) is 4.79 Å². The number of benzene rings is 1. The average Bonchev–Trinajstić information content (AvgIpc) is 2.52. The maximum Gasteiger partial charge on any atom is 0.306 e. The molecule has 0 spiro atoms. The number of nitrogens with zero attached hydrogens (tertiary/aromatic N) is 1. The van der Waals surface area contributed by atoms with Gasteiger partial charge in [-0.25, -0.2) is 0 Å². The summed E-state index contributed by atoms with van der Waals surface area (Å²) in [6.45, 7) is 2.49. The summed E-state index contributed by atoms with van der Waals surface area (Å²) in [5.41, 5.74) is 0. The summed E-state index contributed by atoms with van der Waals surface area (Å²) in [7, 11) is 1.44. The fourth-order valence-corrected chi connectivity index (χ4v) is 2.59. The largest absolute Gasteiger partial charge is 0.492 e. The maximum atomic E-state index is 11.3. The smallest absolute Gasteiger partial charge is 0.306 e. The van der Waals surface area contributed by atoms with Gasteiger partial charge in [0.15, 0.2) is 0 Å². The van der Waals surface area contributed by atoms with Crippen LogP contribution in [0.3, 0.4) is 0 Å². The third kappa shape index (κ3) is 4.53. The lowest BCUT2D eigenvalue weighted by Gasteiger charge is -2.35. The number of piperidine rings is 1.